The molecule has 2 aromatic heterocycles. The summed E-state index contributed by atoms with van der Waals surface area (Å²) in [5, 5.41) is 17.2. The normalized spacial score (nSPS) is 11.3. The summed E-state index contributed by atoms with van der Waals surface area (Å²) in [7, 11) is 1.69. The van der Waals surface area contributed by atoms with Crippen LogP contribution in [0.4, 0.5) is 11.5 Å². The number of esters is 1. The SMILES string of the molecule is [C-]#[N+]c1c(NC)nc(SCc2csc(-c3ccc(Cl)cc3)n2)c(C#N)c1-c1ccc(OCCOC(=O)[C@H](C)N)cc1. The first-order valence-electron chi connectivity index (χ1n) is 12.4. The van der Waals surface area contributed by atoms with Crippen LogP contribution in [-0.4, -0.2) is 42.2 Å². The number of hydrogen-bond acceptors (Lipinski definition) is 10. The smallest absolute Gasteiger partial charge is 0.322 e. The average molecular weight is 605 g/mol. The van der Waals surface area contributed by atoms with Crippen LogP contribution in [-0.2, 0) is 15.3 Å². The highest BCUT2D eigenvalue weighted by atomic mass is 35.5. The van der Waals surface area contributed by atoms with Crippen LogP contribution in [0.2, 0.25) is 5.02 Å². The van der Waals surface area contributed by atoms with Crippen LogP contribution in [0.1, 0.15) is 18.2 Å². The van der Waals surface area contributed by atoms with Crippen molar-refractivity contribution in [1.29, 1.82) is 5.26 Å². The number of halogens is 1. The van der Waals surface area contributed by atoms with E-state index in [2.05, 4.69) is 21.2 Å². The lowest BCUT2D eigenvalue weighted by Gasteiger charge is -2.15. The van der Waals surface area contributed by atoms with Crippen LogP contribution in [0.3, 0.4) is 0 Å². The zero-order chi connectivity index (χ0) is 29.4. The summed E-state index contributed by atoms with van der Waals surface area (Å²) in [5.41, 5.74) is 9.03. The molecule has 0 fully saturated rings. The standard InChI is InChI=1S/C29H25ClN6O3S2/c1-17(32)29(37)39-13-12-38-22-10-6-18(7-11-22)24-23(14-31)28(36-26(34-3)25(24)33-2)41-16-21-15-40-27(35-21)19-4-8-20(30)9-5-19/h4-11,15,17H,12-13,16,32H2,1,3H3,(H,34,36)/t17-/m0/s1. The summed E-state index contributed by atoms with van der Waals surface area (Å²) in [6.45, 7) is 9.59. The molecular weight excluding hydrogens is 580 g/mol. The number of aromatic nitrogens is 2. The Morgan fingerprint density at radius 3 is 2.54 bits per heavy atom. The molecule has 0 saturated carbocycles. The first-order chi connectivity index (χ1) is 19.8. The monoisotopic (exact) mass is 604 g/mol. The number of pyridine rings is 1. The van der Waals surface area contributed by atoms with Crippen molar-refractivity contribution in [2.24, 2.45) is 5.73 Å². The van der Waals surface area contributed by atoms with E-state index >= 15 is 0 Å². The fraction of sp³-hybridized carbons (Fsp3) is 0.207. The van der Waals surface area contributed by atoms with Gasteiger partial charge in [0.2, 0.25) is 5.69 Å². The number of benzene rings is 2. The topological polar surface area (TPSA) is 128 Å². The fourth-order valence-electron chi connectivity index (χ4n) is 3.72. The first kappa shape index (κ1) is 29.8. The molecule has 0 saturated heterocycles. The minimum absolute atomic E-state index is 0.0687. The van der Waals surface area contributed by atoms with Gasteiger partial charge in [-0.3, -0.25) is 4.79 Å². The summed E-state index contributed by atoms with van der Waals surface area (Å²) in [5.74, 6) is 0.925. The van der Waals surface area contributed by atoms with Crippen LogP contribution in [0.25, 0.3) is 26.5 Å². The van der Waals surface area contributed by atoms with Gasteiger partial charge in [-0.15, -0.1) is 11.3 Å². The second-order valence-electron chi connectivity index (χ2n) is 8.61. The van der Waals surface area contributed by atoms with Gasteiger partial charge in [0.05, 0.1) is 17.8 Å². The highest BCUT2D eigenvalue weighted by Gasteiger charge is 2.22. The number of rotatable bonds is 11. The highest BCUT2D eigenvalue weighted by molar-refractivity contribution is 7.98. The van der Waals surface area contributed by atoms with E-state index in [1.54, 1.807) is 38.2 Å². The molecule has 0 radical (unpaired) electrons. The maximum atomic E-state index is 11.5. The van der Waals surface area contributed by atoms with E-state index in [1.807, 2.05) is 29.6 Å². The third-order valence-corrected chi connectivity index (χ3v) is 7.91. The van der Waals surface area contributed by atoms with Crippen molar-refractivity contribution in [3.8, 4) is 33.5 Å². The Morgan fingerprint density at radius 2 is 1.90 bits per heavy atom. The van der Waals surface area contributed by atoms with E-state index in [4.69, 9.17) is 38.4 Å². The number of nitrogens with one attached hydrogen (secondary N) is 1. The number of thiazole rings is 1. The molecule has 0 spiro atoms. The molecule has 0 aliphatic rings. The van der Waals surface area contributed by atoms with Gasteiger partial charge in [0.15, 0.2) is 0 Å². The molecule has 1 atom stereocenters. The summed E-state index contributed by atoms with van der Waals surface area (Å²) < 4.78 is 10.7. The summed E-state index contributed by atoms with van der Waals surface area (Å²) >= 11 is 8.92. The van der Waals surface area contributed by atoms with Crippen molar-refractivity contribution in [3.63, 3.8) is 0 Å². The Balaban J connectivity index is 1.55. The van der Waals surface area contributed by atoms with Gasteiger partial charge < -0.3 is 20.5 Å². The van der Waals surface area contributed by atoms with Crippen LogP contribution in [0.5, 0.6) is 5.75 Å². The second kappa shape index (κ2) is 14.0. The molecule has 41 heavy (non-hydrogen) atoms. The van der Waals surface area contributed by atoms with Gasteiger partial charge >= 0.3 is 5.97 Å². The minimum atomic E-state index is -0.695. The predicted molar refractivity (Wildman–Crippen MR) is 162 cm³/mol. The number of nitriles is 1. The molecule has 0 aliphatic heterocycles. The van der Waals surface area contributed by atoms with Crippen molar-refractivity contribution < 1.29 is 14.3 Å². The molecule has 208 valence electrons. The molecule has 0 bridgehead atoms. The predicted octanol–water partition coefficient (Wildman–Crippen LogP) is 6.55. The van der Waals surface area contributed by atoms with Crippen molar-refractivity contribution in [2.45, 2.75) is 23.7 Å². The Kier molecular flexibility index (Phi) is 10.2. The van der Waals surface area contributed by atoms with Crippen molar-refractivity contribution in [2.75, 3.05) is 25.6 Å². The Bertz CT molecular complexity index is 1610. The van der Waals surface area contributed by atoms with Crippen LogP contribution in [0.15, 0.2) is 58.9 Å². The molecule has 9 nitrogen and oxygen atoms in total. The lowest BCUT2D eigenvalue weighted by Crippen LogP contribution is -2.29. The zero-order valence-corrected chi connectivity index (χ0v) is 24.6. The molecule has 0 amide bonds. The van der Waals surface area contributed by atoms with E-state index in [0.717, 1.165) is 16.3 Å². The van der Waals surface area contributed by atoms with Crippen molar-refractivity contribution in [3.05, 3.63) is 81.6 Å². The van der Waals surface area contributed by atoms with Gasteiger partial charge in [0.1, 0.15) is 46.9 Å². The van der Waals surface area contributed by atoms with Gasteiger partial charge in [0, 0.05) is 34.3 Å². The lowest BCUT2D eigenvalue weighted by atomic mass is 10.00. The number of ether oxygens (including phenoxy) is 2. The molecule has 12 heteroatoms. The van der Waals surface area contributed by atoms with E-state index in [0.29, 0.717) is 44.1 Å². The molecule has 2 aromatic carbocycles. The van der Waals surface area contributed by atoms with E-state index in [1.165, 1.54) is 23.1 Å². The average Bonchev–Trinajstić information content (AvgIpc) is 3.46. The van der Waals surface area contributed by atoms with Crippen molar-refractivity contribution >= 4 is 52.2 Å². The number of nitrogens with zero attached hydrogens (tertiary/aromatic N) is 4. The Morgan fingerprint density at radius 1 is 1.20 bits per heavy atom. The maximum absolute atomic E-state index is 11.5. The summed E-state index contributed by atoms with van der Waals surface area (Å²) in [4.78, 5) is 24.5. The highest BCUT2D eigenvalue weighted by Crippen LogP contribution is 2.43. The van der Waals surface area contributed by atoms with Gasteiger partial charge in [-0.25, -0.2) is 14.8 Å². The maximum Gasteiger partial charge on any atom is 0.322 e. The quantitative estimate of drug-likeness (QED) is 0.0847. The second-order valence-corrected chi connectivity index (χ2v) is 10.9. The molecule has 4 rings (SSSR count). The number of hydrogen-bond donors (Lipinski definition) is 2. The number of thioether (sulfide) groups is 1. The van der Waals surface area contributed by atoms with Gasteiger partial charge in [-0.2, -0.15) is 5.26 Å². The molecule has 0 unspecified atom stereocenters. The van der Waals surface area contributed by atoms with E-state index < -0.39 is 12.0 Å². The summed E-state index contributed by atoms with van der Waals surface area (Å²) in [6.07, 6.45) is 0. The Hall–Kier alpha value is -4.13. The van der Waals surface area contributed by atoms with Crippen LogP contribution < -0.4 is 15.8 Å². The van der Waals surface area contributed by atoms with E-state index in [9.17, 15) is 10.1 Å². The zero-order valence-electron chi connectivity index (χ0n) is 22.2. The van der Waals surface area contributed by atoms with Gasteiger partial charge in [-0.05, 0) is 36.8 Å². The van der Waals surface area contributed by atoms with Gasteiger partial charge in [0.25, 0.3) is 0 Å². The van der Waals surface area contributed by atoms with Crippen LogP contribution in [0, 0.1) is 17.9 Å². The van der Waals surface area contributed by atoms with Gasteiger partial charge in [-0.1, -0.05) is 47.6 Å². The molecule has 4 aromatic rings. The largest absolute Gasteiger partial charge is 0.490 e. The first-order valence-corrected chi connectivity index (χ1v) is 14.6. The Labute approximate surface area is 251 Å². The van der Waals surface area contributed by atoms with Crippen molar-refractivity contribution in [1.82, 2.24) is 9.97 Å². The number of nitrogens with two attached hydrogens (primary N) is 1. The number of carbonyl (C=O) groups is 1. The third-order valence-electron chi connectivity index (χ3n) is 5.71. The minimum Gasteiger partial charge on any atom is -0.490 e. The molecule has 2 heterocycles. The number of anilines is 1. The third kappa shape index (κ3) is 7.34. The van der Waals surface area contributed by atoms with E-state index in [-0.39, 0.29) is 18.9 Å². The fourth-order valence-corrected chi connectivity index (χ4v) is 5.66. The number of carbonyl (C=O) groups excluding carboxylic acids is 1. The van der Waals surface area contributed by atoms with Crippen LogP contribution >= 0.6 is 34.7 Å². The molecular formula is C29H25ClN6O3S2. The molecule has 0 aliphatic carbocycles. The molecule has 3 N–H and O–H groups in total. The lowest BCUT2D eigenvalue weighted by molar-refractivity contribution is -0.145. The summed E-state index contributed by atoms with van der Waals surface area (Å²) in [6, 6.07) is 16.1.